The highest BCUT2D eigenvalue weighted by Crippen LogP contribution is 2.29. The van der Waals surface area contributed by atoms with Crippen molar-refractivity contribution < 1.29 is 14.2 Å². The molecule has 0 aliphatic carbocycles. The summed E-state index contributed by atoms with van der Waals surface area (Å²) in [5.41, 5.74) is 1.35. The van der Waals surface area contributed by atoms with E-state index in [2.05, 4.69) is 36.2 Å². The van der Waals surface area contributed by atoms with Crippen LogP contribution in [0.3, 0.4) is 0 Å². The molecule has 0 amide bonds. The Morgan fingerprint density at radius 2 is 1.88 bits per heavy atom. The van der Waals surface area contributed by atoms with Crippen molar-refractivity contribution in [3.8, 4) is 5.75 Å². The number of hydrogen-bond acceptors (Lipinski definition) is 5. The minimum Gasteiger partial charge on any atom is -0.497 e. The average molecular weight is 348 g/mol. The van der Waals surface area contributed by atoms with Gasteiger partial charge in [0.1, 0.15) is 5.75 Å². The Hall–Kier alpha value is -1.14. The molecule has 3 rings (SSSR count). The number of benzene rings is 1. The second-order valence-corrected chi connectivity index (χ2v) is 7.26. The van der Waals surface area contributed by atoms with E-state index in [1.807, 2.05) is 12.1 Å². The molecule has 2 saturated heterocycles. The first-order chi connectivity index (χ1) is 12.2. The molecule has 2 fully saturated rings. The van der Waals surface area contributed by atoms with E-state index in [1.165, 1.54) is 5.56 Å². The third-order valence-electron chi connectivity index (χ3n) is 5.50. The molecule has 25 heavy (non-hydrogen) atoms. The summed E-state index contributed by atoms with van der Waals surface area (Å²) in [6.45, 7) is 9.83. The van der Waals surface area contributed by atoms with E-state index in [1.54, 1.807) is 7.11 Å². The van der Waals surface area contributed by atoms with Gasteiger partial charge in [-0.1, -0.05) is 12.1 Å². The van der Waals surface area contributed by atoms with Gasteiger partial charge in [-0.2, -0.15) is 0 Å². The molecule has 0 aromatic heterocycles. The largest absolute Gasteiger partial charge is 0.497 e. The van der Waals surface area contributed by atoms with Crippen LogP contribution in [0.25, 0.3) is 0 Å². The fraction of sp³-hybridized carbons (Fsp3) is 0.700. The van der Waals surface area contributed by atoms with E-state index in [9.17, 15) is 0 Å². The maximum Gasteiger partial charge on any atom is 0.118 e. The van der Waals surface area contributed by atoms with Crippen LogP contribution in [0.1, 0.15) is 31.7 Å². The van der Waals surface area contributed by atoms with Crippen LogP contribution >= 0.6 is 0 Å². The number of methoxy groups -OCH3 is 1. The van der Waals surface area contributed by atoms with Crippen molar-refractivity contribution in [2.24, 2.45) is 0 Å². The number of rotatable bonds is 6. The van der Waals surface area contributed by atoms with Crippen molar-refractivity contribution in [1.82, 2.24) is 10.2 Å². The summed E-state index contributed by atoms with van der Waals surface area (Å²) in [6, 6.07) is 9.38. The first kappa shape index (κ1) is 18.6. The van der Waals surface area contributed by atoms with E-state index in [-0.39, 0.29) is 6.10 Å². The monoisotopic (exact) mass is 348 g/mol. The predicted octanol–water partition coefficient (Wildman–Crippen LogP) is 2.27. The summed E-state index contributed by atoms with van der Waals surface area (Å²) in [5.74, 6) is 1.36. The molecule has 0 spiro atoms. The quantitative estimate of drug-likeness (QED) is 0.854. The molecule has 1 aromatic rings. The number of hydrogen-bond donors (Lipinski definition) is 1. The molecule has 0 saturated carbocycles. The molecule has 5 nitrogen and oxygen atoms in total. The van der Waals surface area contributed by atoms with E-state index >= 15 is 0 Å². The highest BCUT2D eigenvalue weighted by Gasteiger charge is 2.29. The highest BCUT2D eigenvalue weighted by atomic mass is 16.5. The first-order valence-corrected chi connectivity index (χ1v) is 9.48. The lowest BCUT2D eigenvalue weighted by Gasteiger charge is -2.39. The van der Waals surface area contributed by atoms with Gasteiger partial charge < -0.3 is 19.5 Å². The SMILES string of the molecule is COc1ccc(C2CCNC[C@H]2OCCN2C(C)COCC2C)cc1. The molecule has 1 aromatic carbocycles. The van der Waals surface area contributed by atoms with Crippen LogP contribution < -0.4 is 10.1 Å². The fourth-order valence-corrected chi connectivity index (χ4v) is 4.02. The molecular weight excluding hydrogens is 316 g/mol. The summed E-state index contributed by atoms with van der Waals surface area (Å²) >= 11 is 0. The lowest BCUT2D eigenvalue weighted by molar-refractivity contribution is -0.0583. The van der Waals surface area contributed by atoms with Gasteiger partial charge in [-0.25, -0.2) is 0 Å². The van der Waals surface area contributed by atoms with Crippen molar-refractivity contribution in [2.45, 2.75) is 44.4 Å². The molecule has 2 heterocycles. The maximum atomic E-state index is 6.33. The molecule has 140 valence electrons. The number of ether oxygens (including phenoxy) is 3. The van der Waals surface area contributed by atoms with Gasteiger partial charge in [-0.3, -0.25) is 4.90 Å². The number of piperidine rings is 1. The number of nitrogens with zero attached hydrogens (tertiary/aromatic N) is 1. The van der Waals surface area contributed by atoms with Crippen LogP contribution in [-0.4, -0.2) is 69.7 Å². The molecule has 5 heteroatoms. The van der Waals surface area contributed by atoms with E-state index < -0.39 is 0 Å². The Labute approximate surface area is 151 Å². The van der Waals surface area contributed by atoms with Crippen LogP contribution in [-0.2, 0) is 9.47 Å². The zero-order valence-corrected chi connectivity index (χ0v) is 15.7. The first-order valence-electron chi connectivity index (χ1n) is 9.48. The Morgan fingerprint density at radius 3 is 2.56 bits per heavy atom. The second-order valence-electron chi connectivity index (χ2n) is 7.26. The number of nitrogens with one attached hydrogen (secondary N) is 1. The van der Waals surface area contributed by atoms with Crippen molar-refractivity contribution in [1.29, 1.82) is 0 Å². The summed E-state index contributed by atoms with van der Waals surface area (Å²) in [5, 5.41) is 3.48. The lowest BCUT2D eigenvalue weighted by Crippen LogP contribution is -2.51. The van der Waals surface area contributed by atoms with Crippen molar-refractivity contribution in [3.05, 3.63) is 29.8 Å². The molecule has 1 N–H and O–H groups in total. The summed E-state index contributed by atoms with van der Waals surface area (Å²) in [6.07, 6.45) is 1.34. The zero-order chi connectivity index (χ0) is 17.6. The van der Waals surface area contributed by atoms with E-state index in [0.717, 1.165) is 51.6 Å². The van der Waals surface area contributed by atoms with Gasteiger partial charge in [0.05, 0.1) is 33.0 Å². The third-order valence-corrected chi connectivity index (χ3v) is 5.50. The van der Waals surface area contributed by atoms with Gasteiger partial charge >= 0.3 is 0 Å². The van der Waals surface area contributed by atoms with E-state index in [4.69, 9.17) is 14.2 Å². The van der Waals surface area contributed by atoms with Crippen LogP contribution in [0, 0.1) is 0 Å². The van der Waals surface area contributed by atoms with Gasteiger partial charge in [-0.05, 0) is 44.5 Å². The van der Waals surface area contributed by atoms with Crippen molar-refractivity contribution in [3.63, 3.8) is 0 Å². The van der Waals surface area contributed by atoms with Crippen LogP contribution in [0.5, 0.6) is 5.75 Å². The molecule has 2 aliphatic heterocycles. The number of morpholine rings is 1. The Kier molecular flexibility index (Phi) is 6.70. The Morgan fingerprint density at radius 1 is 1.16 bits per heavy atom. The second kappa shape index (κ2) is 8.99. The minimum atomic E-state index is 0.230. The molecule has 0 bridgehead atoms. The fourth-order valence-electron chi connectivity index (χ4n) is 4.02. The van der Waals surface area contributed by atoms with Gasteiger partial charge in [0.25, 0.3) is 0 Å². The predicted molar refractivity (Wildman–Crippen MR) is 99.4 cm³/mol. The van der Waals surface area contributed by atoms with Gasteiger partial charge in [0.2, 0.25) is 0 Å². The molecule has 2 aliphatic rings. The Bertz CT molecular complexity index is 512. The van der Waals surface area contributed by atoms with Crippen molar-refractivity contribution in [2.75, 3.05) is 46.6 Å². The Balaban J connectivity index is 1.55. The topological polar surface area (TPSA) is 43.0 Å². The lowest BCUT2D eigenvalue weighted by atomic mass is 9.88. The minimum absolute atomic E-state index is 0.230. The molecular formula is C20H32N2O3. The standard InChI is InChI=1S/C20H32N2O3/c1-15-13-24-14-16(2)22(15)10-11-25-20-12-21-9-8-19(20)17-4-6-18(23-3)7-5-17/h4-7,15-16,19-21H,8-14H2,1-3H3/t15?,16?,19?,20-/m1/s1. The van der Waals surface area contributed by atoms with Crippen LogP contribution in [0.4, 0.5) is 0 Å². The smallest absolute Gasteiger partial charge is 0.118 e. The molecule has 0 radical (unpaired) electrons. The highest BCUT2D eigenvalue weighted by molar-refractivity contribution is 5.30. The summed E-state index contributed by atoms with van der Waals surface area (Å²) < 4.78 is 17.2. The maximum absolute atomic E-state index is 6.33. The van der Waals surface area contributed by atoms with E-state index in [0.29, 0.717) is 18.0 Å². The molecule has 4 atom stereocenters. The molecule has 3 unspecified atom stereocenters. The summed E-state index contributed by atoms with van der Waals surface area (Å²) in [7, 11) is 1.71. The van der Waals surface area contributed by atoms with Gasteiger partial charge in [-0.15, -0.1) is 0 Å². The zero-order valence-electron chi connectivity index (χ0n) is 15.7. The van der Waals surface area contributed by atoms with Crippen molar-refractivity contribution >= 4 is 0 Å². The van der Waals surface area contributed by atoms with Gasteiger partial charge in [0, 0.05) is 31.1 Å². The summed E-state index contributed by atoms with van der Waals surface area (Å²) in [4.78, 5) is 2.50. The third kappa shape index (κ3) is 4.73. The van der Waals surface area contributed by atoms with Gasteiger partial charge in [0.15, 0.2) is 0 Å². The normalized spacial score (nSPS) is 31.0. The van der Waals surface area contributed by atoms with Crippen LogP contribution in [0.2, 0.25) is 0 Å². The van der Waals surface area contributed by atoms with Crippen LogP contribution in [0.15, 0.2) is 24.3 Å². The average Bonchev–Trinajstić information content (AvgIpc) is 2.65.